The van der Waals surface area contributed by atoms with E-state index in [0.29, 0.717) is 6.54 Å². The van der Waals surface area contributed by atoms with Crippen molar-refractivity contribution in [3.8, 4) is 0 Å². The van der Waals surface area contributed by atoms with E-state index in [1.165, 1.54) is 11.1 Å². The van der Waals surface area contributed by atoms with Gasteiger partial charge in [-0.2, -0.15) is 0 Å². The highest BCUT2D eigenvalue weighted by Gasteiger charge is 1.98. The van der Waals surface area contributed by atoms with Gasteiger partial charge in [0.05, 0.1) is 6.61 Å². The van der Waals surface area contributed by atoms with Gasteiger partial charge >= 0.3 is 0 Å². The van der Waals surface area contributed by atoms with E-state index in [4.69, 9.17) is 10.5 Å². The van der Waals surface area contributed by atoms with E-state index in [2.05, 4.69) is 12.1 Å². The molecule has 0 aliphatic rings. The summed E-state index contributed by atoms with van der Waals surface area (Å²) in [6, 6.07) is 8.25. The van der Waals surface area contributed by atoms with Gasteiger partial charge in [0.1, 0.15) is 0 Å². The molecule has 0 unspecified atom stereocenters. The Bertz CT molecular complexity index is 248. The first-order valence-corrected chi connectivity index (χ1v) is 4.73. The average molecular weight is 179 g/mol. The second-order valence-electron chi connectivity index (χ2n) is 2.92. The molecule has 0 fully saturated rings. The molecule has 0 radical (unpaired) electrons. The third-order valence-corrected chi connectivity index (χ3v) is 2.06. The molecule has 0 aliphatic heterocycles. The fourth-order valence-corrected chi connectivity index (χ4v) is 1.33. The monoisotopic (exact) mass is 179 g/mol. The van der Waals surface area contributed by atoms with E-state index in [9.17, 15) is 0 Å². The quantitative estimate of drug-likeness (QED) is 0.698. The van der Waals surface area contributed by atoms with Gasteiger partial charge in [0.15, 0.2) is 0 Å². The van der Waals surface area contributed by atoms with E-state index >= 15 is 0 Å². The number of hydrogen-bond donors (Lipinski definition) is 1. The molecule has 1 rings (SSSR count). The van der Waals surface area contributed by atoms with Crippen LogP contribution in [0.15, 0.2) is 24.3 Å². The van der Waals surface area contributed by atoms with Crippen molar-refractivity contribution in [1.82, 2.24) is 0 Å². The van der Waals surface area contributed by atoms with Crippen LogP contribution in [0.4, 0.5) is 0 Å². The maximum absolute atomic E-state index is 5.61. The molecule has 72 valence electrons. The van der Waals surface area contributed by atoms with Crippen molar-refractivity contribution in [2.24, 2.45) is 5.73 Å². The van der Waals surface area contributed by atoms with Crippen LogP contribution in [0, 0.1) is 0 Å². The normalized spacial score (nSPS) is 10.3. The highest BCUT2D eigenvalue weighted by molar-refractivity contribution is 5.26. The van der Waals surface area contributed by atoms with Crippen LogP contribution in [-0.2, 0) is 17.7 Å². The Balaban J connectivity index is 2.54. The Labute approximate surface area is 79.7 Å². The van der Waals surface area contributed by atoms with Gasteiger partial charge in [0.2, 0.25) is 0 Å². The lowest BCUT2D eigenvalue weighted by atomic mass is 10.1. The fraction of sp³-hybridized carbons (Fsp3) is 0.455. The standard InChI is InChI=1S/C11H17NO/c1-2-13-8-7-10-5-3-4-6-11(10)9-12/h3-6H,2,7-9,12H2,1H3. The minimum Gasteiger partial charge on any atom is -0.381 e. The predicted octanol–water partition coefficient (Wildman–Crippen LogP) is 1.72. The maximum Gasteiger partial charge on any atom is 0.0506 e. The molecule has 0 heterocycles. The smallest absolute Gasteiger partial charge is 0.0506 e. The highest BCUT2D eigenvalue weighted by Crippen LogP contribution is 2.08. The molecule has 0 amide bonds. The topological polar surface area (TPSA) is 35.2 Å². The van der Waals surface area contributed by atoms with Crippen molar-refractivity contribution < 1.29 is 4.74 Å². The van der Waals surface area contributed by atoms with Crippen LogP contribution in [0.1, 0.15) is 18.1 Å². The van der Waals surface area contributed by atoms with Crippen molar-refractivity contribution in [3.63, 3.8) is 0 Å². The average Bonchev–Trinajstić information content (AvgIpc) is 2.19. The summed E-state index contributed by atoms with van der Waals surface area (Å²) in [5, 5.41) is 0. The van der Waals surface area contributed by atoms with Crippen molar-refractivity contribution in [1.29, 1.82) is 0 Å². The predicted molar refractivity (Wildman–Crippen MR) is 54.5 cm³/mol. The molecule has 0 spiro atoms. The summed E-state index contributed by atoms with van der Waals surface area (Å²) >= 11 is 0. The third-order valence-electron chi connectivity index (χ3n) is 2.06. The Morgan fingerprint density at radius 1 is 1.23 bits per heavy atom. The number of rotatable bonds is 5. The van der Waals surface area contributed by atoms with Gasteiger partial charge in [0.25, 0.3) is 0 Å². The van der Waals surface area contributed by atoms with Crippen molar-refractivity contribution in [3.05, 3.63) is 35.4 Å². The van der Waals surface area contributed by atoms with Gasteiger partial charge in [-0.25, -0.2) is 0 Å². The minimum atomic E-state index is 0.613. The maximum atomic E-state index is 5.61. The van der Waals surface area contributed by atoms with Gasteiger partial charge in [-0.15, -0.1) is 0 Å². The van der Waals surface area contributed by atoms with E-state index in [1.807, 2.05) is 19.1 Å². The number of ether oxygens (including phenoxy) is 1. The molecular weight excluding hydrogens is 162 g/mol. The van der Waals surface area contributed by atoms with E-state index in [1.54, 1.807) is 0 Å². The summed E-state index contributed by atoms with van der Waals surface area (Å²) in [5.41, 5.74) is 8.14. The second-order valence-corrected chi connectivity index (χ2v) is 2.92. The van der Waals surface area contributed by atoms with Crippen LogP contribution < -0.4 is 5.73 Å². The molecule has 0 saturated heterocycles. The summed E-state index contributed by atoms with van der Waals surface area (Å²) in [5.74, 6) is 0. The second kappa shape index (κ2) is 5.73. The molecular formula is C11H17NO. The Morgan fingerprint density at radius 2 is 1.92 bits per heavy atom. The first kappa shape index (κ1) is 10.2. The number of benzene rings is 1. The van der Waals surface area contributed by atoms with Crippen LogP contribution in [0.25, 0.3) is 0 Å². The Morgan fingerprint density at radius 3 is 2.54 bits per heavy atom. The zero-order valence-corrected chi connectivity index (χ0v) is 8.12. The van der Waals surface area contributed by atoms with Crippen molar-refractivity contribution >= 4 is 0 Å². The van der Waals surface area contributed by atoms with Gasteiger partial charge in [-0.1, -0.05) is 24.3 Å². The molecule has 0 aliphatic carbocycles. The van der Waals surface area contributed by atoms with Crippen molar-refractivity contribution in [2.45, 2.75) is 19.9 Å². The van der Waals surface area contributed by atoms with Crippen LogP contribution in [0.2, 0.25) is 0 Å². The zero-order valence-electron chi connectivity index (χ0n) is 8.12. The molecule has 0 bridgehead atoms. The first-order chi connectivity index (χ1) is 6.38. The molecule has 1 aromatic carbocycles. The van der Waals surface area contributed by atoms with Gasteiger partial charge in [0, 0.05) is 13.2 Å². The van der Waals surface area contributed by atoms with E-state index in [0.717, 1.165) is 19.6 Å². The lowest BCUT2D eigenvalue weighted by molar-refractivity contribution is 0.151. The molecule has 13 heavy (non-hydrogen) atoms. The number of nitrogens with two attached hydrogens (primary N) is 1. The first-order valence-electron chi connectivity index (χ1n) is 4.73. The minimum absolute atomic E-state index is 0.613. The van der Waals surface area contributed by atoms with Gasteiger partial charge in [-0.05, 0) is 24.5 Å². The van der Waals surface area contributed by atoms with Gasteiger partial charge in [-0.3, -0.25) is 0 Å². The molecule has 2 nitrogen and oxygen atoms in total. The lowest BCUT2D eigenvalue weighted by Crippen LogP contribution is -2.04. The van der Waals surface area contributed by atoms with E-state index in [-0.39, 0.29) is 0 Å². The summed E-state index contributed by atoms with van der Waals surface area (Å²) < 4.78 is 5.30. The summed E-state index contributed by atoms with van der Waals surface area (Å²) in [7, 11) is 0. The largest absolute Gasteiger partial charge is 0.381 e. The molecule has 0 saturated carbocycles. The Kier molecular flexibility index (Phi) is 4.50. The van der Waals surface area contributed by atoms with Crippen LogP contribution >= 0.6 is 0 Å². The fourth-order valence-electron chi connectivity index (χ4n) is 1.33. The van der Waals surface area contributed by atoms with E-state index < -0.39 is 0 Å². The summed E-state index contributed by atoms with van der Waals surface area (Å²) in [4.78, 5) is 0. The SMILES string of the molecule is CCOCCc1ccccc1CN. The summed E-state index contributed by atoms with van der Waals surface area (Å²) in [6.07, 6.45) is 0.960. The Hall–Kier alpha value is -0.860. The third kappa shape index (κ3) is 3.17. The van der Waals surface area contributed by atoms with Crippen LogP contribution in [0.3, 0.4) is 0 Å². The molecule has 0 aromatic heterocycles. The molecule has 2 heteroatoms. The zero-order chi connectivity index (χ0) is 9.52. The lowest BCUT2D eigenvalue weighted by Gasteiger charge is -2.06. The van der Waals surface area contributed by atoms with Gasteiger partial charge < -0.3 is 10.5 Å². The number of hydrogen-bond acceptors (Lipinski definition) is 2. The molecule has 2 N–H and O–H groups in total. The van der Waals surface area contributed by atoms with Crippen LogP contribution in [0.5, 0.6) is 0 Å². The van der Waals surface area contributed by atoms with Crippen LogP contribution in [-0.4, -0.2) is 13.2 Å². The highest BCUT2D eigenvalue weighted by atomic mass is 16.5. The summed E-state index contributed by atoms with van der Waals surface area (Å²) in [6.45, 7) is 4.19. The van der Waals surface area contributed by atoms with Crippen molar-refractivity contribution in [2.75, 3.05) is 13.2 Å². The molecule has 0 atom stereocenters. The molecule has 1 aromatic rings.